The van der Waals surface area contributed by atoms with Gasteiger partial charge < -0.3 is 17.8 Å². The molecule has 0 aliphatic carbocycles. The van der Waals surface area contributed by atoms with Crippen molar-refractivity contribution in [1.82, 2.24) is 19.5 Å². The van der Waals surface area contributed by atoms with Gasteiger partial charge in [0.05, 0.1) is 11.0 Å². The molecule has 8 heterocycles. The Balaban J connectivity index is 0.000000104. The molecule has 560 valence electrons. The standard InChI is InChI=1S/C42H26BNO.C39H24BN3O.C30H19BO/c1-2-12-28(13-3-1)44-37-20-10-6-15-30(37)34-26-27(22-24-38(34)44)43-35-18-8-4-14-29(35)31-23-25-40-42(33-17-7-11-21-39(33)45-40)41(31)32-16-5-9-19-36(32)43;1-3-13-25(14-4-1)37-41-38(26-15-5-2-6-16-26)43-39(42-37)40-31-20-10-7-17-27(31)28-23-24-34-36(30-19-9-12-22-33(30)44-34)35(28)29-18-8-11-21-32(29)40;1-2-10-20(11-3-1)31-26-15-7-4-12-21(26)23-18-19-24-22-13-6-9-17-28(22)32-30(24)29(23)25-14-5-8-16-27(25)31/h1-26H;1-24H;1-19H. The number of hydrogen-bond donors (Lipinski definition) is 0. The van der Waals surface area contributed by atoms with Crippen LogP contribution in [0, 0.1) is 0 Å². The highest BCUT2D eigenvalue weighted by Crippen LogP contribution is 2.48. The summed E-state index contributed by atoms with van der Waals surface area (Å²) in [4.78, 5) is 15.4. The van der Waals surface area contributed by atoms with Gasteiger partial charge in [0, 0.05) is 76.6 Å². The summed E-state index contributed by atoms with van der Waals surface area (Å²) in [5.74, 6) is 1.32. The van der Waals surface area contributed by atoms with Crippen LogP contribution in [0.25, 0.3) is 183 Å². The molecule has 3 aliphatic rings. The van der Waals surface area contributed by atoms with E-state index in [1.54, 1.807) is 0 Å². The lowest BCUT2D eigenvalue weighted by atomic mass is 9.36. The second-order valence-electron chi connectivity index (χ2n) is 31.7. The monoisotopic (exact) mass is 1540 g/mol. The molecule has 0 saturated heterocycles. The highest BCUT2D eigenvalue weighted by atomic mass is 16.3. The van der Waals surface area contributed by atoms with Crippen molar-refractivity contribution in [2.45, 2.75) is 0 Å². The van der Waals surface area contributed by atoms with Gasteiger partial charge in [-0.05, 0) is 111 Å². The van der Waals surface area contributed by atoms with E-state index in [4.69, 9.17) is 28.2 Å². The Morgan fingerprint density at radius 3 is 1.12 bits per heavy atom. The topological polar surface area (TPSA) is 83.0 Å². The molecule has 26 rings (SSSR count). The summed E-state index contributed by atoms with van der Waals surface area (Å²) in [5.41, 5.74) is 36.6. The van der Waals surface area contributed by atoms with Crippen LogP contribution in [0.3, 0.4) is 0 Å². The van der Waals surface area contributed by atoms with Gasteiger partial charge in [-0.3, -0.25) is 0 Å². The lowest BCUT2D eigenvalue weighted by molar-refractivity contribution is 0.668. The molecule has 0 bridgehead atoms. The Morgan fingerprint density at radius 1 is 0.215 bits per heavy atom. The zero-order valence-electron chi connectivity index (χ0n) is 65.6. The van der Waals surface area contributed by atoms with Crippen LogP contribution in [0.15, 0.2) is 432 Å². The van der Waals surface area contributed by atoms with Crippen molar-refractivity contribution in [2.24, 2.45) is 0 Å². The maximum Gasteiger partial charge on any atom is 0.291 e. The fraction of sp³-hybridized carbons (Fsp3) is 0. The molecule has 121 heavy (non-hydrogen) atoms. The van der Waals surface area contributed by atoms with E-state index in [0.717, 1.165) is 83.0 Å². The van der Waals surface area contributed by atoms with Gasteiger partial charge in [0.1, 0.15) is 39.2 Å². The van der Waals surface area contributed by atoms with Crippen molar-refractivity contribution >= 4 is 157 Å². The van der Waals surface area contributed by atoms with E-state index in [0.29, 0.717) is 11.6 Å². The molecular formula is C111H69B3N4O3. The van der Waals surface area contributed by atoms with Crippen LogP contribution in [0.5, 0.6) is 0 Å². The number of nitrogens with zero attached hydrogens (tertiary/aromatic N) is 4. The van der Waals surface area contributed by atoms with Gasteiger partial charge in [-0.15, -0.1) is 0 Å². The Labute approximate surface area is 699 Å². The summed E-state index contributed by atoms with van der Waals surface area (Å²) >= 11 is 0. The number of hydrogen-bond acceptors (Lipinski definition) is 6. The molecule has 0 atom stereocenters. The molecule has 0 saturated carbocycles. The van der Waals surface area contributed by atoms with Crippen molar-refractivity contribution in [3.05, 3.63) is 419 Å². The van der Waals surface area contributed by atoms with E-state index in [1.165, 1.54) is 138 Å². The van der Waals surface area contributed by atoms with Crippen LogP contribution < -0.4 is 49.4 Å². The number of rotatable bonds is 6. The van der Waals surface area contributed by atoms with Crippen LogP contribution in [0.2, 0.25) is 0 Å². The van der Waals surface area contributed by atoms with E-state index in [1.807, 2.05) is 60.7 Å². The summed E-state index contributed by atoms with van der Waals surface area (Å²) in [6.07, 6.45) is 0. The number of fused-ring (bicyclic) bond motifs is 30. The fourth-order valence-corrected chi connectivity index (χ4v) is 20.0. The van der Waals surface area contributed by atoms with Gasteiger partial charge in [0.25, 0.3) is 6.71 Å². The lowest BCUT2D eigenvalue weighted by Gasteiger charge is -2.18. The highest BCUT2D eigenvalue weighted by molar-refractivity contribution is 6.98. The number of furan rings is 3. The fourth-order valence-electron chi connectivity index (χ4n) is 20.0. The van der Waals surface area contributed by atoms with Crippen molar-refractivity contribution in [1.29, 1.82) is 0 Å². The predicted molar refractivity (Wildman–Crippen MR) is 506 cm³/mol. The summed E-state index contributed by atoms with van der Waals surface area (Å²) in [7, 11) is 0. The molecule has 0 N–H and O–H groups in total. The smallest absolute Gasteiger partial charge is 0.291 e. The SMILES string of the molecule is c1ccc(-c2nc(B3c4ccccc4-c4ccc5oc6ccccc6c5c4-c4ccccc43)nc(-c3ccccc3)n2)cc1.c1ccc(-n2c3ccccc3c3cc(B4c5ccccc5-c5ccc6oc7ccccc7c6c5-c5ccccc54)ccc32)cc1.c1ccc(B2c3ccccc3-c3ccc4c(oc5ccccc54)c3-c3ccccc32)cc1. The van der Waals surface area contributed by atoms with Gasteiger partial charge in [-0.25, -0.2) is 15.0 Å². The van der Waals surface area contributed by atoms with Gasteiger partial charge in [-0.1, -0.05) is 402 Å². The molecule has 7 nitrogen and oxygen atoms in total. The molecule has 0 radical (unpaired) electrons. The first-order valence-electron chi connectivity index (χ1n) is 41.5. The Kier molecular flexibility index (Phi) is 16.5. The van der Waals surface area contributed by atoms with Crippen LogP contribution >= 0.6 is 0 Å². The quantitative estimate of drug-likeness (QED) is 0.154. The average Bonchev–Trinajstić information content (AvgIpc) is 1.59. The predicted octanol–water partition coefficient (Wildman–Crippen LogP) is 21.9. The molecule has 5 aromatic heterocycles. The first-order valence-corrected chi connectivity index (χ1v) is 41.5. The Morgan fingerprint density at radius 2 is 0.587 bits per heavy atom. The number of para-hydroxylation sites is 5. The molecule has 18 aromatic carbocycles. The zero-order chi connectivity index (χ0) is 79.6. The summed E-state index contributed by atoms with van der Waals surface area (Å²) in [6, 6.07) is 149. The van der Waals surface area contributed by atoms with Gasteiger partial charge in [0.15, 0.2) is 11.6 Å². The molecule has 23 aromatic rings. The Hall–Kier alpha value is -15.6. The van der Waals surface area contributed by atoms with Gasteiger partial charge in [-0.2, -0.15) is 0 Å². The first-order chi connectivity index (χ1) is 60.1. The van der Waals surface area contributed by atoms with Crippen molar-refractivity contribution < 1.29 is 13.3 Å². The maximum absolute atomic E-state index is 6.52. The van der Waals surface area contributed by atoms with E-state index in [2.05, 4.69) is 362 Å². The number of benzene rings is 18. The van der Waals surface area contributed by atoms with Gasteiger partial charge >= 0.3 is 0 Å². The molecule has 10 heteroatoms. The normalized spacial score (nSPS) is 12.2. The molecule has 0 unspecified atom stereocenters. The second-order valence-corrected chi connectivity index (χ2v) is 31.7. The van der Waals surface area contributed by atoms with Crippen LogP contribution in [-0.4, -0.2) is 39.7 Å². The van der Waals surface area contributed by atoms with Crippen LogP contribution in [0.1, 0.15) is 0 Å². The van der Waals surface area contributed by atoms with Crippen molar-refractivity contribution in [3.63, 3.8) is 0 Å². The minimum absolute atomic E-state index is 0.0567. The lowest BCUT2D eigenvalue weighted by Crippen LogP contribution is -2.55. The third kappa shape index (κ3) is 11.4. The summed E-state index contributed by atoms with van der Waals surface area (Å²) in [6.45, 7) is -0.00683. The van der Waals surface area contributed by atoms with E-state index < -0.39 is 0 Å². The molecular weight excluding hydrogens is 1470 g/mol. The van der Waals surface area contributed by atoms with E-state index in [9.17, 15) is 0 Å². The molecule has 0 amide bonds. The van der Waals surface area contributed by atoms with E-state index in [-0.39, 0.29) is 20.1 Å². The van der Waals surface area contributed by atoms with Gasteiger partial charge in [0.2, 0.25) is 13.4 Å². The van der Waals surface area contributed by atoms with Crippen LogP contribution in [0.4, 0.5) is 0 Å². The molecule has 0 spiro atoms. The van der Waals surface area contributed by atoms with Crippen LogP contribution in [-0.2, 0) is 0 Å². The largest absolute Gasteiger partial charge is 0.456 e. The molecule has 3 aliphatic heterocycles. The van der Waals surface area contributed by atoms with Crippen molar-refractivity contribution in [3.8, 4) is 95.2 Å². The van der Waals surface area contributed by atoms with Crippen molar-refractivity contribution in [2.75, 3.05) is 0 Å². The first kappa shape index (κ1) is 69.6. The molecule has 0 fully saturated rings. The minimum atomic E-state index is -0.226. The minimum Gasteiger partial charge on any atom is -0.456 e. The Bertz CT molecular complexity index is 8020. The third-order valence-corrected chi connectivity index (χ3v) is 25.1. The third-order valence-electron chi connectivity index (χ3n) is 25.1. The summed E-state index contributed by atoms with van der Waals surface area (Å²) < 4.78 is 21.7. The number of aromatic nitrogens is 4. The second kappa shape index (κ2) is 28.6. The van der Waals surface area contributed by atoms with E-state index >= 15 is 0 Å². The summed E-state index contributed by atoms with van der Waals surface area (Å²) in [5, 5.41) is 9.46. The maximum atomic E-state index is 6.52. The zero-order valence-corrected chi connectivity index (χ0v) is 65.6. The highest BCUT2D eigenvalue weighted by Gasteiger charge is 2.39. The average molecular weight is 1540 g/mol.